The fourth-order valence-electron chi connectivity index (χ4n) is 5.31. The maximum absolute atomic E-state index is 13.3. The van der Waals surface area contributed by atoms with Crippen LogP contribution >= 0.6 is 0 Å². The molecule has 10 heteroatoms. The molecule has 0 bridgehead atoms. The van der Waals surface area contributed by atoms with E-state index in [0.29, 0.717) is 49.7 Å². The molecular weight excluding hydrogens is 452 g/mol. The van der Waals surface area contributed by atoms with Gasteiger partial charge in [0.05, 0.1) is 5.41 Å². The van der Waals surface area contributed by atoms with Crippen LogP contribution < -0.4 is 10.7 Å². The number of rotatable bonds is 5. The Morgan fingerprint density at radius 2 is 1.69 bits per heavy atom. The number of urea groups is 1. The normalized spacial score (nSPS) is 25.8. The van der Waals surface area contributed by atoms with Crippen molar-refractivity contribution in [2.45, 2.75) is 63.3 Å². The summed E-state index contributed by atoms with van der Waals surface area (Å²) in [4.78, 5) is 64.6. The highest BCUT2D eigenvalue weighted by Crippen LogP contribution is 2.37. The monoisotopic (exact) mass is 484 g/mol. The van der Waals surface area contributed by atoms with Crippen LogP contribution in [0.2, 0.25) is 0 Å². The van der Waals surface area contributed by atoms with Crippen molar-refractivity contribution in [1.82, 2.24) is 20.7 Å². The SMILES string of the molecule is CC(=O)N1CCC(C(=O)OCC(=O)NN2C(=O)NC3(CCC(C)CC3)C2=O)(c2ccccc2)CC1. The first-order valence-electron chi connectivity index (χ1n) is 12.1. The van der Waals surface area contributed by atoms with Crippen molar-refractivity contribution in [1.29, 1.82) is 0 Å². The van der Waals surface area contributed by atoms with Gasteiger partial charge in [0.2, 0.25) is 5.91 Å². The Labute approximate surface area is 204 Å². The molecule has 1 aromatic rings. The molecule has 1 aliphatic carbocycles. The molecule has 188 valence electrons. The molecule has 4 rings (SSSR count). The minimum absolute atomic E-state index is 0.0573. The molecule has 3 aliphatic rings. The van der Waals surface area contributed by atoms with Crippen LogP contribution in [0.5, 0.6) is 0 Å². The molecule has 1 spiro atoms. The van der Waals surface area contributed by atoms with Crippen molar-refractivity contribution in [3.05, 3.63) is 35.9 Å². The number of carbonyl (C=O) groups is 5. The first kappa shape index (κ1) is 24.7. The molecule has 10 nitrogen and oxygen atoms in total. The van der Waals surface area contributed by atoms with Gasteiger partial charge in [-0.1, -0.05) is 37.3 Å². The maximum Gasteiger partial charge on any atom is 0.344 e. The van der Waals surface area contributed by atoms with Crippen LogP contribution in [0, 0.1) is 5.92 Å². The standard InChI is InChI=1S/C25H32N4O6/c1-17-8-10-25(11-9-17)21(32)29(23(34)26-25)27-20(31)16-35-22(33)24(19-6-4-3-5-7-19)12-14-28(15-13-24)18(2)30/h3-7,17H,8-16H2,1-2H3,(H,26,34)(H,27,31). The Morgan fingerprint density at radius 3 is 2.29 bits per heavy atom. The Morgan fingerprint density at radius 1 is 1.06 bits per heavy atom. The molecule has 0 unspecified atom stereocenters. The summed E-state index contributed by atoms with van der Waals surface area (Å²) < 4.78 is 5.40. The van der Waals surface area contributed by atoms with E-state index in [4.69, 9.17) is 4.74 Å². The molecular formula is C25H32N4O6. The summed E-state index contributed by atoms with van der Waals surface area (Å²) in [5.41, 5.74) is 1.09. The maximum atomic E-state index is 13.3. The van der Waals surface area contributed by atoms with E-state index in [1.54, 1.807) is 4.90 Å². The number of esters is 1. The van der Waals surface area contributed by atoms with E-state index in [1.807, 2.05) is 30.3 Å². The predicted octanol–water partition coefficient (Wildman–Crippen LogP) is 1.64. The molecule has 2 saturated heterocycles. The summed E-state index contributed by atoms with van der Waals surface area (Å²) in [5, 5.41) is 3.43. The molecule has 1 saturated carbocycles. The largest absolute Gasteiger partial charge is 0.455 e. The van der Waals surface area contributed by atoms with Crippen molar-refractivity contribution >= 4 is 29.7 Å². The average molecular weight is 485 g/mol. The summed E-state index contributed by atoms with van der Waals surface area (Å²) in [6.45, 7) is 3.76. The second-order valence-corrected chi connectivity index (χ2v) is 9.90. The number of nitrogens with zero attached hydrogens (tertiary/aromatic N) is 2. The van der Waals surface area contributed by atoms with Crippen molar-refractivity contribution in [3.8, 4) is 0 Å². The van der Waals surface area contributed by atoms with Gasteiger partial charge in [-0.2, -0.15) is 5.01 Å². The summed E-state index contributed by atoms with van der Waals surface area (Å²) in [7, 11) is 0. The van der Waals surface area contributed by atoms with Crippen LogP contribution in [0.25, 0.3) is 0 Å². The molecule has 0 atom stereocenters. The molecule has 2 heterocycles. The number of amides is 5. The van der Waals surface area contributed by atoms with Gasteiger partial charge in [0, 0.05) is 20.0 Å². The smallest absolute Gasteiger partial charge is 0.344 e. The highest BCUT2D eigenvalue weighted by molar-refractivity contribution is 6.08. The van der Waals surface area contributed by atoms with E-state index >= 15 is 0 Å². The summed E-state index contributed by atoms with van der Waals surface area (Å²) in [6, 6.07) is 8.49. The third-order valence-electron chi connectivity index (χ3n) is 7.64. The van der Waals surface area contributed by atoms with Gasteiger partial charge in [0.1, 0.15) is 5.54 Å². The van der Waals surface area contributed by atoms with Crippen LogP contribution in [0.1, 0.15) is 57.9 Å². The predicted molar refractivity (Wildman–Crippen MR) is 124 cm³/mol. The van der Waals surface area contributed by atoms with Gasteiger partial charge in [0.25, 0.3) is 11.8 Å². The number of hydrogen-bond acceptors (Lipinski definition) is 6. The van der Waals surface area contributed by atoms with E-state index in [-0.39, 0.29) is 5.91 Å². The fourth-order valence-corrected chi connectivity index (χ4v) is 5.31. The Hall–Kier alpha value is -3.43. The number of hydrazine groups is 1. The van der Waals surface area contributed by atoms with Crippen LogP contribution in [0.3, 0.4) is 0 Å². The number of likely N-dealkylation sites (tertiary alicyclic amines) is 1. The van der Waals surface area contributed by atoms with Gasteiger partial charge in [-0.15, -0.1) is 0 Å². The highest BCUT2D eigenvalue weighted by atomic mass is 16.5. The van der Waals surface area contributed by atoms with Crippen molar-refractivity contribution in [2.24, 2.45) is 5.92 Å². The molecule has 2 aliphatic heterocycles. The van der Waals surface area contributed by atoms with Crippen LogP contribution in [-0.4, -0.2) is 64.9 Å². The van der Waals surface area contributed by atoms with Gasteiger partial charge in [-0.3, -0.25) is 24.6 Å². The van der Waals surface area contributed by atoms with Gasteiger partial charge in [-0.05, 0) is 50.0 Å². The summed E-state index contributed by atoms with van der Waals surface area (Å²) in [5.74, 6) is -1.40. The zero-order chi connectivity index (χ0) is 25.2. The topological polar surface area (TPSA) is 125 Å². The molecule has 0 aromatic heterocycles. The summed E-state index contributed by atoms with van der Waals surface area (Å²) in [6.07, 6.45) is 3.41. The molecule has 1 aromatic carbocycles. The quantitative estimate of drug-likeness (QED) is 0.484. The van der Waals surface area contributed by atoms with E-state index in [1.165, 1.54) is 6.92 Å². The lowest BCUT2D eigenvalue weighted by atomic mass is 9.72. The molecule has 2 N–H and O–H groups in total. The zero-order valence-corrected chi connectivity index (χ0v) is 20.2. The number of carbonyl (C=O) groups excluding carboxylic acids is 5. The number of ether oxygens (including phenoxy) is 1. The third-order valence-corrected chi connectivity index (χ3v) is 7.64. The molecule has 0 radical (unpaired) electrons. The number of nitrogens with one attached hydrogen (secondary N) is 2. The minimum Gasteiger partial charge on any atom is -0.455 e. The molecule has 35 heavy (non-hydrogen) atoms. The van der Waals surface area contributed by atoms with Crippen molar-refractivity contribution in [3.63, 3.8) is 0 Å². The van der Waals surface area contributed by atoms with Crippen LogP contribution in [-0.2, 0) is 29.3 Å². The first-order valence-corrected chi connectivity index (χ1v) is 12.1. The van der Waals surface area contributed by atoms with E-state index in [0.717, 1.165) is 18.4 Å². The van der Waals surface area contributed by atoms with Crippen LogP contribution in [0.4, 0.5) is 4.79 Å². The van der Waals surface area contributed by atoms with Gasteiger partial charge >= 0.3 is 12.0 Å². The highest BCUT2D eigenvalue weighted by Gasteiger charge is 2.53. The zero-order valence-electron chi connectivity index (χ0n) is 20.2. The van der Waals surface area contributed by atoms with Gasteiger partial charge < -0.3 is 15.0 Å². The fraction of sp³-hybridized carbons (Fsp3) is 0.560. The van der Waals surface area contributed by atoms with Crippen molar-refractivity contribution < 1.29 is 28.7 Å². The average Bonchev–Trinajstić information content (AvgIpc) is 3.08. The minimum atomic E-state index is -0.989. The van der Waals surface area contributed by atoms with Gasteiger partial charge in [-0.25, -0.2) is 4.79 Å². The van der Waals surface area contributed by atoms with Crippen molar-refractivity contribution in [2.75, 3.05) is 19.7 Å². The lowest BCUT2D eigenvalue weighted by Gasteiger charge is -2.40. The van der Waals surface area contributed by atoms with Crippen LogP contribution in [0.15, 0.2) is 30.3 Å². The van der Waals surface area contributed by atoms with E-state index in [2.05, 4.69) is 17.7 Å². The number of hydrogen-bond donors (Lipinski definition) is 2. The Bertz CT molecular complexity index is 1010. The van der Waals surface area contributed by atoms with Gasteiger partial charge in [0.15, 0.2) is 6.61 Å². The lowest BCUT2D eigenvalue weighted by Crippen LogP contribution is -2.52. The van der Waals surface area contributed by atoms with E-state index < -0.39 is 41.4 Å². The number of piperidine rings is 1. The number of benzene rings is 1. The lowest BCUT2D eigenvalue weighted by molar-refractivity contribution is -0.158. The first-order chi connectivity index (χ1) is 16.7. The second-order valence-electron chi connectivity index (χ2n) is 9.90. The Kier molecular flexibility index (Phi) is 6.82. The van der Waals surface area contributed by atoms with E-state index in [9.17, 15) is 24.0 Å². The third kappa shape index (κ3) is 4.74. The molecule has 3 fully saturated rings. The summed E-state index contributed by atoms with van der Waals surface area (Å²) >= 11 is 0. The number of imide groups is 1. The molecule has 5 amide bonds. The second kappa shape index (κ2) is 9.67. The Balaban J connectivity index is 1.39.